The van der Waals surface area contributed by atoms with Crippen molar-refractivity contribution in [2.45, 2.75) is 0 Å². The normalized spacial score (nSPS) is 11.6. The number of thiophene rings is 1. The number of carbonyl (C=O) groups excluding carboxylic acids is 1. The van der Waals surface area contributed by atoms with E-state index in [4.69, 9.17) is 0 Å². The van der Waals surface area contributed by atoms with Crippen molar-refractivity contribution in [3.05, 3.63) is 51.1 Å². The highest BCUT2D eigenvalue weighted by atomic mass is 79.9. The minimum atomic E-state index is -3.60. The van der Waals surface area contributed by atoms with E-state index >= 15 is 0 Å². The molecule has 0 radical (unpaired) electrons. The third-order valence-electron chi connectivity index (χ3n) is 2.71. The molecule has 2 aromatic rings. The highest BCUT2D eigenvalue weighted by Crippen LogP contribution is 2.21. The molecule has 0 bridgehead atoms. The van der Waals surface area contributed by atoms with Crippen LogP contribution in [-0.2, 0) is 14.8 Å². The van der Waals surface area contributed by atoms with Crippen molar-refractivity contribution in [1.29, 1.82) is 0 Å². The quantitative estimate of drug-likeness (QED) is 0.580. The van der Waals surface area contributed by atoms with Crippen molar-refractivity contribution < 1.29 is 13.2 Å². The first kappa shape index (κ1) is 17.6. The van der Waals surface area contributed by atoms with E-state index in [-0.39, 0.29) is 6.54 Å². The second-order valence-electron chi connectivity index (χ2n) is 4.56. The van der Waals surface area contributed by atoms with Gasteiger partial charge in [0.25, 0.3) is 5.91 Å². The van der Waals surface area contributed by atoms with Crippen LogP contribution >= 0.6 is 27.3 Å². The molecule has 0 aliphatic heterocycles. The van der Waals surface area contributed by atoms with E-state index in [1.54, 1.807) is 24.3 Å². The lowest BCUT2D eigenvalue weighted by Gasteiger charge is -2.21. The van der Waals surface area contributed by atoms with Crippen LogP contribution in [-0.4, -0.2) is 33.3 Å². The van der Waals surface area contributed by atoms with Crippen LogP contribution in [0.25, 0.3) is 0 Å². The summed E-state index contributed by atoms with van der Waals surface area (Å²) in [6.07, 6.45) is 2.56. The average molecular weight is 416 g/mol. The Hall–Kier alpha value is -1.71. The Balaban J connectivity index is 2.08. The van der Waals surface area contributed by atoms with Crippen LogP contribution in [0.1, 0.15) is 4.88 Å². The van der Waals surface area contributed by atoms with Gasteiger partial charge >= 0.3 is 0 Å². The van der Waals surface area contributed by atoms with Gasteiger partial charge in [-0.15, -0.1) is 11.3 Å². The molecule has 0 unspecified atom stereocenters. The number of hydrazone groups is 1. The number of halogens is 1. The summed E-state index contributed by atoms with van der Waals surface area (Å²) in [5.74, 6) is -0.525. The zero-order valence-corrected chi connectivity index (χ0v) is 15.4. The molecule has 0 fully saturated rings. The minimum Gasteiger partial charge on any atom is -0.271 e. The van der Waals surface area contributed by atoms with Gasteiger partial charge in [-0.1, -0.05) is 28.1 Å². The van der Waals surface area contributed by atoms with E-state index < -0.39 is 15.9 Å². The fourth-order valence-electron chi connectivity index (χ4n) is 1.73. The number of rotatable bonds is 6. The van der Waals surface area contributed by atoms with E-state index in [9.17, 15) is 13.2 Å². The Morgan fingerprint density at radius 1 is 1.39 bits per heavy atom. The number of hydrogen-bond donors (Lipinski definition) is 1. The largest absolute Gasteiger partial charge is 0.271 e. The number of nitrogens with one attached hydrogen (secondary N) is 1. The average Bonchev–Trinajstić information content (AvgIpc) is 2.97. The zero-order chi connectivity index (χ0) is 16.9. The molecular weight excluding hydrogens is 402 g/mol. The summed E-state index contributed by atoms with van der Waals surface area (Å²) in [5.41, 5.74) is 2.73. The van der Waals surface area contributed by atoms with Crippen molar-refractivity contribution in [1.82, 2.24) is 5.43 Å². The molecule has 0 aliphatic rings. The molecule has 2 rings (SSSR count). The Kier molecular flexibility index (Phi) is 5.91. The van der Waals surface area contributed by atoms with Crippen LogP contribution in [0.5, 0.6) is 0 Å². The molecule has 23 heavy (non-hydrogen) atoms. The van der Waals surface area contributed by atoms with Gasteiger partial charge in [-0.05, 0) is 29.6 Å². The lowest BCUT2D eigenvalue weighted by Crippen LogP contribution is -2.39. The van der Waals surface area contributed by atoms with E-state index in [1.807, 2.05) is 17.5 Å². The van der Waals surface area contributed by atoms with Crippen LogP contribution in [0.4, 0.5) is 5.69 Å². The molecule has 122 valence electrons. The van der Waals surface area contributed by atoms with Gasteiger partial charge < -0.3 is 0 Å². The standard InChI is InChI=1S/C14H14BrN3O3S2/c1-23(20,21)18(12-5-2-4-11(15)8-12)10-14(19)17-16-9-13-6-3-7-22-13/h2-9H,10H2,1H3,(H,17,19)/b16-9-. The molecule has 0 saturated heterocycles. The maximum Gasteiger partial charge on any atom is 0.260 e. The van der Waals surface area contributed by atoms with E-state index in [1.165, 1.54) is 17.6 Å². The van der Waals surface area contributed by atoms with Gasteiger partial charge in [0.2, 0.25) is 10.0 Å². The molecule has 0 atom stereocenters. The first-order chi connectivity index (χ1) is 10.9. The third-order valence-corrected chi connectivity index (χ3v) is 5.15. The molecule has 0 aliphatic carbocycles. The highest BCUT2D eigenvalue weighted by Gasteiger charge is 2.20. The first-order valence-corrected chi connectivity index (χ1v) is 9.97. The SMILES string of the molecule is CS(=O)(=O)N(CC(=O)N/N=C\c1cccs1)c1cccc(Br)c1. The van der Waals surface area contributed by atoms with Gasteiger partial charge in [-0.2, -0.15) is 5.10 Å². The summed E-state index contributed by atoms with van der Waals surface area (Å²) in [5, 5.41) is 5.71. The number of nitrogens with zero attached hydrogens (tertiary/aromatic N) is 2. The molecule has 1 aromatic heterocycles. The maximum atomic E-state index is 11.9. The molecule has 1 heterocycles. The Labute approximate surface area is 147 Å². The topological polar surface area (TPSA) is 78.8 Å². The number of amides is 1. The zero-order valence-electron chi connectivity index (χ0n) is 12.1. The fourth-order valence-corrected chi connectivity index (χ4v) is 3.55. The van der Waals surface area contributed by atoms with Gasteiger partial charge in [-0.25, -0.2) is 13.8 Å². The van der Waals surface area contributed by atoms with Gasteiger partial charge in [-0.3, -0.25) is 9.10 Å². The van der Waals surface area contributed by atoms with Crippen LogP contribution < -0.4 is 9.73 Å². The molecular formula is C14H14BrN3O3S2. The predicted molar refractivity (Wildman–Crippen MR) is 96.4 cm³/mol. The molecule has 1 aromatic carbocycles. The molecule has 0 spiro atoms. The van der Waals surface area contributed by atoms with Crippen molar-refractivity contribution in [3.8, 4) is 0 Å². The van der Waals surface area contributed by atoms with E-state index in [0.717, 1.165) is 19.9 Å². The maximum absolute atomic E-state index is 11.9. The van der Waals surface area contributed by atoms with Crippen LogP contribution in [0.15, 0.2) is 51.4 Å². The summed E-state index contributed by atoms with van der Waals surface area (Å²) in [6.45, 7) is -0.350. The second-order valence-corrected chi connectivity index (χ2v) is 8.36. The highest BCUT2D eigenvalue weighted by molar-refractivity contribution is 9.10. The van der Waals surface area contributed by atoms with Crippen molar-refractivity contribution in [2.75, 3.05) is 17.1 Å². The molecule has 6 nitrogen and oxygen atoms in total. The molecule has 1 N–H and O–H groups in total. The summed E-state index contributed by atoms with van der Waals surface area (Å²) in [7, 11) is -3.60. The molecule has 1 amide bonds. The van der Waals surface area contributed by atoms with Crippen molar-refractivity contribution in [2.24, 2.45) is 5.10 Å². The minimum absolute atomic E-state index is 0.350. The summed E-state index contributed by atoms with van der Waals surface area (Å²) in [4.78, 5) is 12.8. The molecule has 0 saturated carbocycles. The Morgan fingerprint density at radius 2 is 2.17 bits per heavy atom. The van der Waals surface area contributed by atoms with E-state index in [0.29, 0.717) is 5.69 Å². The van der Waals surface area contributed by atoms with E-state index in [2.05, 4.69) is 26.5 Å². The third kappa shape index (κ3) is 5.45. The van der Waals surface area contributed by atoms with Gasteiger partial charge in [0.1, 0.15) is 6.54 Å². The number of hydrogen-bond acceptors (Lipinski definition) is 5. The first-order valence-electron chi connectivity index (χ1n) is 6.45. The summed E-state index contributed by atoms with van der Waals surface area (Å²) < 4.78 is 25.6. The van der Waals surface area contributed by atoms with Crippen LogP contribution in [0.3, 0.4) is 0 Å². The van der Waals surface area contributed by atoms with Crippen molar-refractivity contribution >= 4 is 55.1 Å². The van der Waals surface area contributed by atoms with Gasteiger partial charge in [0.05, 0.1) is 18.2 Å². The van der Waals surface area contributed by atoms with Crippen LogP contribution in [0, 0.1) is 0 Å². The Morgan fingerprint density at radius 3 is 2.78 bits per heavy atom. The fraction of sp³-hybridized carbons (Fsp3) is 0.143. The monoisotopic (exact) mass is 415 g/mol. The molecule has 9 heteroatoms. The predicted octanol–water partition coefficient (Wildman–Crippen LogP) is 2.43. The van der Waals surface area contributed by atoms with Crippen molar-refractivity contribution in [3.63, 3.8) is 0 Å². The van der Waals surface area contributed by atoms with Gasteiger partial charge in [0.15, 0.2) is 0 Å². The lowest BCUT2D eigenvalue weighted by molar-refractivity contribution is -0.119. The smallest absolute Gasteiger partial charge is 0.260 e. The summed E-state index contributed by atoms with van der Waals surface area (Å²) in [6, 6.07) is 10.4. The second kappa shape index (κ2) is 7.71. The lowest BCUT2D eigenvalue weighted by atomic mass is 10.3. The number of sulfonamides is 1. The number of benzene rings is 1. The summed E-state index contributed by atoms with van der Waals surface area (Å²) >= 11 is 4.76. The Bertz CT molecular complexity index is 804. The number of anilines is 1. The van der Waals surface area contributed by atoms with Crippen LogP contribution in [0.2, 0.25) is 0 Å². The van der Waals surface area contributed by atoms with Gasteiger partial charge in [0, 0.05) is 9.35 Å². The number of carbonyl (C=O) groups is 1.